The fourth-order valence-corrected chi connectivity index (χ4v) is 1.93. The molecule has 0 spiro atoms. The summed E-state index contributed by atoms with van der Waals surface area (Å²) in [5.41, 5.74) is 1.89. The van der Waals surface area contributed by atoms with E-state index in [9.17, 15) is 4.79 Å². The van der Waals surface area contributed by atoms with Crippen molar-refractivity contribution >= 4 is 23.5 Å². The van der Waals surface area contributed by atoms with Gasteiger partial charge in [-0.15, -0.1) is 0 Å². The average molecular weight is 287 g/mol. The molecule has 20 heavy (non-hydrogen) atoms. The number of ketones is 1. The molecule has 3 heteroatoms. The van der Waals surface area contributed by atoms with Gasteiger partial charge >= 0.3 is 0 Å². The molecule has 0 aliphatic rings. The van der Waals surface area contributed by atoms with Gasteiger partial charge in [-0.2, -0.15) is 0 Å². The molecule has 0 aromatic heterocycles. The van der Waals surface area contributed by atoms with E-state index >= 15 is 0 Å². The van der Waals surface area contributed by atoms with Crippen molar-refractivity contribution in [3.63, 3.8) is 0 Å². The minimum Gasteiger partial charge on any atom is -0.497 e. The molecule has 0 fully saturated rings. The van der Waals surface area contributed by atoms with Gasteiger partial charge in [0.25, 0.3) is 0 Å². The maximum absolute atomic E-state index is 11.9. The van der Waals surface area contributed by atoms with Crippen molar-refractivity contribution in [1.29, 1.82) is 0 Å². The molecule has 0 aliphatic heterocycles. The van der Waals surface area contributed by atoms with Crippen LogP contribution in [-0.2, 0) is 11.2 Å². The van der Waals surface area contributed by atoms with Gasteiger partial charge < -0.3 is 4.74 Å². The Hall–Kier alpha value is -2.06. The minimum absolute atomic E-state index is 0.0493. The molecule has 0 amide bonds. The third-order valence-electron chi connectivity index (χ3n) is 2.84. The molecule has 0 heterocycles. The van der Waals surface area contributed by atoms with Crippen LogP contribution in [0.4, 0.5) is 0 Å². The predicted molar refractivity (Wildman–Crippen MR) is 82.2 cm³/mol. The molecule has 2 nitrogen and oxygen atoms in total. The molecule has 0 unspecified atom stereocenters. The van der Waals surface area contributed by atoms with Gasteiger partial charge in [0, 0.05) is 11.4 Å². The number of methoxy groups -OCH3 is 1. The van der Waals surface area contributed by atoms with Crippen molar-refractivity contribution in [2.75, 3.05) is 7.11 Å². The molecule has 0 atom stereocenters. The van der Waals surface area contributed by atoms with E-state index in [1.807, 2.05) is 36.4 Å². The van der Waals surface area contributed by atoms with Gasteiger partial charge in [-0.3, -0.25) is 4.79 Å². The van der Waals surface area contributed by atoms with E-state index in [0.29, 0.717) is 11.4 Å². The van der Waals surface area contributed by atoms with Gasteiger partial charge in [-0.1, -0.05) is 41.9 Å². The number of allylic oxidation sites excluding steroid dienone is 1. The maximum atomic E-state index is 11.9. The maximum Gasteiger partial charge on any atom is 0.160 e. The second-order valence-electron chi connectivity index (χ2n) is 4.38. The second kappa shape index (κ2) is 6.92. The van der Waals surface area contributed by atoms with Gasteiger partial charge in [-0.05, 0) is 41.5 Å². The van der Waals surface area contributed by atoms with Crippen LogP contribution >= 0.6 is 11.6 Å². The topological polar surface area (TPSA) is 26.3 Å². The first-order valence-electron chi connectivity index (χ1n) is 6.27. The van der Waals surface area contributed by atoms with Crippen LogP contribution in [0.5, 0.6) is 5.75 Å². The van der Waals surface area contributed by atoms with Crippen LogP contribution < -0.4 is 4.74 Å². The molecule has 0 bridgehead atoms. The average Bonchev–Trinajstić information content (AvgIpc) is 2.47. The normalized spacial score (nSPS) is 10.7. The van der Waals surface area contributed by atoms with Crippen LogP contribution in [0, 0.1) is 0 Å². The zero-order valence-corrected chi connectivity index (χ0v) is 11.9. The van der Waals surface area contributed by atoms with Gasteiger partial charge in [-0.25, -0.2) is 0 Å². The number of hydrogen-bond donors (Lipinski definition) is 0. The molecule has 0 N–H and O–H groups in total. The lowest BCUT2D eigenvalue weighted by Gasteiger charge is -2.02. The Bertz CT molecular complexity index is 615. The molecule has 0 radical (unpaired) electrons. The summed E-state index contributed by atoms with van der Waals surface area (Å²) in [6.45, 7) is 0. The van der Waals surface area contributed by atoms with Crippen LogP contribution in [0.25, 0.3) is 6.08 Å². The summed E-state index contributed by atoms with van der Waals surface area (Å²) < 4.78 is 5.14. The van der Waals surface area contributed by atoms with E-state index in [-0.39, 0.29) is 5.78 Å². The highest BCUT2D eigenvalue weighted by molar-refractivity contribution is 6.30. The first kappa shape index (κ1) is 14.4. The van der Waals surface area contributed by atoms with Crippen molar-refractivity contribution in [3.8, 4) is 5.75 Å². The van der Waals surface area contributed by atoms with Crippen LogP contribution in [-0.4, -0.2) is 12.9 Å². The number of halogens is 1. The summed E-state index contributed by atoms with van der Waals surface area (Å²) in [7, 11) is 1.61. The van der Waals surface area contributed by atoms with E-state index in [0.717, 1.165) is 16.9 Å². The highest BCUT2D eigenvalue weighted by Crippen LogP contribution is 2.14. The number of rotatable bonds is 5. The lowest BCUT2D eigenvalue weighted by atomic mass is 10.1. The SMILES string of the molecule is COc1cccc(CC(=O)/C=C/c2ccc(Cl)cc2)c1. The van der Waals surface area contributed by atoms with E-state index < -0.39 is 0 Å². The molecule has 2 aromatic carbocycles. The largest absolute Gasteiger partial charge is 0.497 e. The van der Waals surface area contributed by atoms with Crippen LogP contribution in [0.3, 0.4) is 0 Å². The van der Waals surface area contributed by atoms with Gasteiger partial charge in [0.05, 0.1) is 7.11 Å². The fourth-order valence-electron chi connectivity index (χ4n) is 1.81. The first-order valence-corrected chi connectivity index (χ1v) is 6.64. The van der Waals surface area contributed by atoms with Crippen LogP contribution in [0.1, 0.15) is 11.1 Å². The monoisotopic (exact) mass is 286 g/mol. The lowest BCUT2D eigenvalue weighted by Crippen LogP contribution is -1.98. The second-order valence-corrected chi connectivity index (χ2v) is 4.82. The first-order chi connectivity index (χ1) is 9.67. The van der Waals surface area contributed by atoms with Crippen molar-refractivity contribution in [2.24, 2.45) is 0 Å². The third-order valence-corrected chi connectivity index (χ3v) is 3.10. The Labute approximate surface area is 123 Å². The smallest absolute Gasteiger partial charge is 0.160 e. The van der Waals surface area contributed by atoms with Crippen molar-refractivity contribution in [2.45, 2.75) is 6.42 Å². The quantitative estimate of drug-likeness (QED) is 0.771. The summed E-state index contributed by atoms with van der Waals surface area (Å²) in [6, 6.07) is 14.9. The Morgan fingerprint density at radius 1 is 1.20 bits per heavy atom. The van der Waals surface area contributed by atoms with Gasteiger partial charge in [0.2, 0.25) is 0 Å². The number of ether oxygens (including phenoxy) is 1. The molecule has 102 valence electrons. The van der Waals surface area contributed by atoms with Crippen molar-refractivity contribution in [1.82, 2.24) is 0 Å². The van der Waals surface area contributed by atoms with Crippen LogP contribution in [0.2, 0.25) is 5.02 Å². The van der Waals surface area contributed by atoms with E-state index in [1.54, 1.807) is 31.4 Å². The molecular formula is C17H15ClO2. The Balaban J connectivity index is 1.99. The fraction of sp³-hybridized carbons (Fsp3) is 0.118. The van der Waals surface area contributed by atoms with E-state index in [2.05, 4.69) is 0 Å². The molecule has 2 rings (SSSR count). The lowest BCUT2D eigenvalue weighted by molar-refractivity contribution is -0.113. The summed E-state index contributed by atoms with van der Waals surface area (Å²) in [6.07, 6.45) is 3.74. The molecular weight excluding hydrogens is 272 g/mol. The Kier molecular flexibility index (Phi) is 4.97. The highest BCUT2D eigenvalue weighted by Gasteiger charge is 2.01. The van der Waals surface area contributed by atoms with Gasteiger partial charge in [0.1, 0.15) is 5.75 Å². The zero-order chi connectivity index (χ0) is 14.4. The summed E-state index contributed by atoms with van der Waals surface area (Å²) in [5.74, 6) is 0.810. The van der Waals surface area contributed by atoms with Crippen molar-refractivity contribution in [3.05, 3.63) is 70.8 Å². The highest BCUT2D eigenvalue weighted by atomic mass is 35.5. The standard InChI is InChI=1S/C17H15ClO2/c1-20-17-4-2-3-14(12-17)11-16(19)10-7-13-5-8-15(18)9-6-13/h2-10,12H,11H2,1H3/b10-7+. The third kappa shape index (κ3) is 4.25. The summed E-state index contributed by atoms with van der Waals surface area (Å²) in [5, 5.41) is 0.685. The number of carbonyl (C=O) groups is 1. The van der Waals surface area contributed by atoms with Crippen molar-refractivity contribution < 1.29 is 9.53 Å². The molecule has 2 aromatic rings. The van der Waals surface area contributed by atoms with Gasteiger partial charge in [0.15, 0.2) is 5.78 Å². The van der Waals surface area contributed by atoms with E-state index in [1.165, 1.54) is 0 Å². The zero-order valence-electron chi connectivity index (χ0n) is 11.2. The van der Waals surface area contributed by atoms with Crippen LogP contribution in [0.15, 0.2) is 54.6 Å². The molecule has 0 aliphatic carbocycles. The van der Waals surface area contributed by atoms with E-state index in [4.69, 9.17) is 16.3 Å². The summed E-state index contributed by atoms with van der Waals surface area (Å²) in [4.78, 5) is 11.9. The number of benzene rings is 2. The Morgan fingerprint density at radius 2 is 1.95 bits per heavy atom. The molecule has 0 saturated heterocycles. The number of hydrogen-bond acceptors (Lipinski definition) is 2. The molecule has 0 saturated carbocycles. The minimum atomic E-state index is 0.0493. The number of carbonyl (C=O) groups excluding carboxylic acids is 1. The Morgan fingerprint density at radius 3 is 2.65 bits per heavy atom. The predicted octanol–water partition coefficient (Wildman–Crippen LogP) is 4.17. The summed E-state index contributed by atoms with van der Waals surface area (Å²) >= 11 is 5.81.